The van der Waals surface area contributed by atoms with Crippen molar-refractivity contribution in [3.8, 4) is 11.5 Å². The Morgan fingerprint density at radius 1 is 1.30 bits per heavy atom. The predicted octanol–water partition coefficient (Wildman–Crippen LogP) is 2.37. The van der Waals surface area contributed by atoms with Gasteiger partial charge in [-0.25, -0.2) is 0 Å². The predicted molar refractivity (Wildman–Crippen MR) is 77.3 cm³/mol. The quantitative estimate of drug-likeness (QED) is 0.917. The van der Waals surface area contributed by atoms with Gasteiger partial charge in [-0.1, -0.05) is 6.07 Å². The highest BCUT2D eigenvalue weighted by Crippen LogP contribution is 2.33. The molecule has 0 amide bonds. The summed E-state index contributed by atoms with van der Waals surface area (Å²) in [6, 6.07) is 6.39. The van der Waals surface area contributed by atoms with Crippen LogP contribution in [0.4, 0.5) is 0 Å². The van der Waals surface area contributed by atoms with Gasteiger partial charge in [0.15, 0.2) is 11.5 Å². The third-order valence-corrected chi connectivity index (χ3v) is 4.33. The molecule has 4 heteroatoms. The van der Waals surface area contributed by atoms with Gasteiger partial charge < -0.3 is 19.5 Å². The molecule has 0 bridgehead atoms. The van der Waals surface area contributed by atoms with Crippen LogP contribution in [0, 0.1) is 0 Å². The molecule has 2 aliphatic heterocycles. The summed E-state index contributed by atoms with van der Waals surface area (Å²) in [5.74, 6) is 1.53. The van der Waals surface area contributed by atoms with Crippen molar-refractivity contribution in [2.75, 3.05) is 26.3 Å². The maximum atomic E-state index is 10.3. The fraction of sp³-hybridized carbons (Fsp3) is 0.625. The first kappa shape index (κ1) is 13.7. The molecule has 1 unspecified atom stereocenters. The lowest BCUT2D eigenvalue weighted by molar-refractivity contribution is 0.138. The highest BCUT2D eigenvalue weighted by Gasteiger charge is 2.21. The second kappa shape index (κ2) is 6.02. The minimum absolute atomic E-state index is 0.432. The van der Waals surface area contributed by atoms with Crippen LogP contribution in [-0.2, 0) is 0 Å². The molecule has 1 saturated heterocycles. The first-order valence-electron chi connectivity index (χ1n) is 7.56. The van der Waals surface area contributed by atoms with Gasteiger partial charge in [0.25, 0.3) is 0 Å². The van der Waals surface area contributed by atoms with Gasteiger partial charge in [0, 0.05) is 12.6 Å². The summed E-state index contributed by atoms with van der Waals surface area (Å²) in [6.45, 7) is 5.56. The van der Waals surface area contributed by atoms with Crippen molar-refractivity contribution in [3.63, 3.8) is 0 Å². The molecule has 0 aromatic heterocycles. The molecule has 1 N–H and O–H groups in total. The molecule has 1 aromatic rings. The molecule has 1 fully saturated rings. The Kier molecular flexibility index (Phi) is 4.13. The molecule has 0 spiro atoms. The minimum atomic E-state index is -0.432. The zero-order chi connectivity index (χ0) is 13.9. The fourth-order valence-electron chi connectivity index (χ4n) is 3.05. The topological polar surface area (TPSA) is 41.9 Å². The van der Waals surface area contributed by atoms with Crippen molar-refractivity contribution in [1.82, 2.24) is 4.90 Å². The van der Waals surface area contributed by atoms with E-state index < -0.39 is 6.10 Å². The minimum Gasteiger partial charge on any atom is -0.486 e. The molecule has 110 valence electrons. The van der Waals surface area contributed by atoms with E-state index in [0.717, 1.165) is 36.6 Å². The van der Waals surface area contributed by atoms with Gasteiger partial charge in [-0.3, -0.25) is 0 Å². The lowest BCUT2D eigenvalue weighted by atomic mass is 10.1. The monoisotopic (exact) mass is 277 g/mol. The number of fused-ring (bicyclic) bond motifs is 1. The molecule has 3 rings (SSSR count). The van der Waals surface area contributed by atoms with E-state index >= 15 is 0 Å². The first-order chi connectivity index (χ1) is 9.74. The van der Waals surface area contributed by atoms with Crippen molar-refractivity contribution in [3.05, 3.63) is 23.8 Å². The van der Waals surface area contributed by atoms with Gasteiger partial charge in [0.05, 0.1) is 6.10 Å². The van der Waals surface area contributed by atoms with Gasteiger partial charge in [0.1, 0.15) is 13.2 Å². The maximum absolute atomic E-state index is 10.3. The Morgan fingerprint density at radius 2 is 2.10 bits per heavy atom. The van der Waals surface area contributed by atoms with Gasteiger partial charge in [-0.2, -0.15) is 0 Å². The number of likely N-dealkylation sites (tertiary alicyclic amines) is 1. The zero-order valence-electron chi connectivity index (χ0n) is 12.0. The summed E-state index contributed by atoms with van der Waals surface area (Å²) in [5, 5.41) is 10.3. The van der Waals surface area contributed by atoms with Crippen LogP contribution in [0.2, 0.25) is 0 Å². The van der Waals surface area contributed by atoms with Crippen LogP contribution >= 0.6 is 0 Å². The second-order valence-corrected chi connectivity index (χ2v) is 5.73. The number of rotatable bonds is 4. The van der Waals surface area contributed by atoms with Gasteiger partial charge in [-0.15, -0.1) is 0 Å². The maximum Gasteiger partial charge on any atom is 0.161 e. The van der Waals surface area contributed by atoms with Crippen molar-refractivity contribution in [2.24, 2.45) is 0 Å². The second-order valence-electron chi connectivity index (χ2n) is 5.73. The molecule has 4 nitrogen and oxygen atoms in total. The fourth-order valence-corrected chi connectivity index (χ4v) is 3.05. The molecule has 2 atom stereocenters. The number of aliphatic hydroxyl groups excluding tert-OH is 1. The molecular formula is C16H23NO3. The first-order valence-corrected chi connectivity index (χ1v) is 7.56. The number of nitrogens with zero attached hydrogens (tertiary/aromatic N) is 1. The number of ether oxygens (including phenoxy) is 2. The molecule has 1 aromatic carbocycles. The Morgan fingerprint density at radius 3 is 2.85 bits per heavy atom. The van der Waals surface area contributed by atoms with E-state index in [-0.39, 0.29) is 0 Å². The van der Waals surface area contributed by atoms with Gasteiger partial charge in [0.2, 0.25) is 0 Å². The van der Waals surface area contributed by atoms with Crippen molar-refractivity contribution in [1.29, 1.82) is 0 Å². The van der Waals surface area contributed by atoms with E-state index in [4.69, 9.17) is 9.47 Å². The van der Waals surface area contributed by atoms with E-state index in [1.165, 1.54) is 12.8 Å². The van der Waals surface area contributed by atoms with Crippen LogP contribution in [0.25, 0.3) is 0 Å². The summed E-state index contributed by atoms with van der Waals surface area (Å²) in [4.78, 5) is 2.46. The average Bonchev–Trinajstić information content (AvgIpc) is 2.89. The summed E-state index contributed by atoms with van der Waals surface area (Å²) in [5.41, 5.74) is 0.918. The Bertz CT molecular complexity index is 463. The van der Waals surface area contributed by atoms with Gasteiger partial charge in [-0.05, 0) is 50.4 Å². The zero-order valence-corrected chi connectivity index (χ0v) is 12.0. The third-order valence-electron chi connectivity index (χ3n) is 4.33. The lowest BCUT2D eigenvalue weighted by Crippen LogP contribution is -2.28. The Balaban J connectivity index is 1.60. The van der Waals surface area contributed by atoms with E-state index in [1.807, 2.05) is 18.2 Å². The van der Waals surface area contributed by atoms with Crippen LogP contribution in [-0.4, -0.2) is 42.4 Å². The molecule has 0 saturated carbocycles. The summed E-state index contributed by atoms with van der Waals surface area (Å²) >= 11 is 0. The number of hydrogen-bond donors (Lipinski definition) is 1. The Hall–Kier alpha value is -1.26. The highest BCUT2D eigenvalue weighted by atomic mass is 16.6. The summed E-state index contributed by atoms with van der Waals surface area (Å²) in [6.07, 6.45) is 2.89. The highest BCUT2D eigenvalue weighted by molar-refractivity contribution is 5.44. The van der Waals surface area contributed by atoms with Crippen LogP contribution in [0.3, 0.4) is 0 Å². The number of benzene rings is 1. The summed E-state index contributed by atoms with van der Waals surface area (Å²) in [7, 11) is 0. The average molecular weight is 277 g/mol. The van der Waals surface area contributed by atoms with Crippen molar-refractivity contribution >= 4 is 0 Å². The SMILES string of the molecule is C[C@@H]1CCCN1CCC(O)c1ccc2c(c1)OCCO2. The van der Waals surface area contributed by atoms with Gasteiger partial charge >= 0.3 is 0 Å². The molecule has 2 aliphatic rings. The standard InChI is InChI=1S/C16H23NO3/c1-12-3-2-7-17(12)8-6-14(18)13-4-5-15-16(11-13)20-10-9-19-15/h4-5,11-12,14,18H,2-3,6-10H2,1H3/t12-,14?/m1/s1. The van der Waals surface area contributed by atoms with E-state index in [0.29, 0.717) is 19.3 Å². The van der Waals surface area contributed by atoms with E-state index in [1.54, 1.807) is 0 Å². The molecule has 0 radical (unpaired) electrons. The Labute approximate surface area is 120 Å². The molecule has 2 heterocycles. The van der Waals surface area contributed by atoms with Crippen LogP contribution in [0.1, 0.15) is 37.9 Å². The largest absolute Gasteiger partial charge is 0.486 e. The van der Waals surface area contributed by atoms with Crippen LogP contribution in [0.5, 0.6) is 11.5 Å². The normalized spacial score (nSPS) is 23.8. The smallest absolute Gasteiger partial charge is 0.161 e. The van der Waals surface area contributed by atoms with E-state index in [9.17, 15) is 5.11 Å². The van der Waals surface area contributed by atoms with E-state index in [2.05, 4.69) is 11.8 Å². The molecule has 0 aliphatic carbocycles. The van der Waals surface area contributed by atoms with Crippen molar-refractivity contribution in [2.45, 2.75) is 38.3 Å². The number of hydrogen-bond acceptors (Lipinski definition) is 4. The molecular weight excluding hydrogens is 254 g/mol. The van der Waals surface area contributed by atoms with Crippen LogP contribution < -0.4 is 9.47 Å². The number of aliphatic hydroxyl groups is 1. The lowest BCUT2D eigenvalue weighted by Gasteiger charge is -2.23. The van der Waals surface area contributed by atoms with Crippen LogP contribution in [0.15, 0.2) is 18.2 Å². The summed E-state index contributed by atoms with van der Waals surface area (Å²) < 4.78 is 11.1. The molecule has 20 heavy (non-hydrogen) atoms. The third kappa shape index (κ3) is 2.91. The van der Waals surface area contributed by atoms with Crippen molar-refractivity contribution < 1.29 is 14.6 Å².